The topological polar surface area (TPSA) is 94.6 Å². The summed E-state index contributed by atoms with van der Waals surface area (Å²) in [5, 5.41) is 0. The van der Waals surface area contributed by atoms with E-state index in [4.69, 9.17) is 14.5 Å². The maximum absolute atomic E-state index is 13.4. The van der Waals surface area contributed by atoms with Gasteiger partial charge in [0.05, 0.1) is 16.0 Å². The number of sulfonamides is 1. The average Bonchev–Trinajstić information content (AvgIpc) is 3.54. The zero-order chi connectivity index (χ0) is 26.3. The van der Waals surface area contributed by atoms with Gasteiger partial charge in [0.1, 0.15) is 5.78 Å². The van der Waals surface area contributed by atoms with E-state index in [1.807, 2.05) is 36.4 Å². The molecular weight excluding hydrogens is 488 g/mol. The van der Waals surface area contributed by atoms with Crippen LogP contribution in [0.5, 0.6) is 11.5 Å². The molecule has 0 radical (unpaired) electrons. The number of ketones is 1. The predicted octanol–water partition coefficient (Wildman–Crippen LogP) is 5.04. The first-order valence-electron chi connectivity index (χ1n) is 12.6. The smallest absolute Gasteiger partial charge is 0.240 e. The van der Waals surface area contributed by atoms with Crippen LogP contribution in [0.4, 0.5) is 0 Å². The molecule has 1 aliphatic carbocycles. The van der Waals surface area contributed by atoms with Crippen molar-refractivity contribution in [1.82, 2.24) is 9.71 Å². The molecule has 1 N–H and O–H groups in total. The van der Waals surface area contributed by atoms with Gasteiger partial charge in [0.2, 0.25) is 16.8 Å². The van der Waals surface area contributed by atoms with Gasteiger partial charge in [-0.3, -0.25) is 9.78 Å². The van der Waals surface area contributed by atoms with E-state index < -0.39 is 15.4 Å². The van der Waals surface area contributed by atoms with Gasteiger partial charge in [-0.1, -0.05) is 45.0 Å². The molecule has 7 nitrogen and oxygen atoms in total. The fraction of sp³-hybridized carbons (Fsp3) is 0.379. The maximum atomic E-state index is 13.4. The maximum Gasteiger partial charge on any atom is 0.240 e. The molecule has 1 aliphatic heterocycles. The van der Waals surface area contributed by atoms with Crippen molar-refractivity contribution >= 4 is 15.8 Å². The van der Waals surface area contributed by atoms with Gasteiger partial charge >= 0.3 is 0 Å². The lowest BCUT2D eigenvalue weighted by Crippen LogP contribution is -2.27. The van der Waals surface area contributed by atoms with Crippen LogP contribution in [0, 0.1) is 5.41 Å². The summed E-state index contributed by atoms with van der Waals surface area (Å²) in [6, 6.07) is 18.0. The summed E-state index contributed by atoms with van der Waals surface area (Å²) in [5.41, 5.74) is 2.70. The predicted molar refractivity (Wildman–Crippen MR) is 141 cm³/mol. The largest absolute Gasteiger partial charge is 0.454 e. The number of benzene rings is 2. The highest BCUT2D eigenvalue weighted by atomic mass is 32.2. The summed E-state index contributed by atoms with van der Waals surface area (Å²) >= 11 is 0. The quantitative estimate of drug-likeness (QED) is 0.425. The van der Waals surface area contributed by atoms with Gasteiger partial charge in [0, 0.05) is 24.2 Å². The minimum atomic E-state index is -3.58. The summed E-state index contributed by atoms with van der Waals surface area (Å²) in [7, 11) is -3.58. The molecule has 3 aromatic rings. The van der Waals surface area contributed by atoms with Crippen LogP contribution in [0.15, 0.2) is 65.6 Å². The van der Waals surface area contributed by atoms with Crippen molar-refractivity contribution in [1.29, 1.82) is 0 Å². The summed E-state index contributed by atoms with van der Waals surface area (Å²) in [4.78, 5) is 18.3. The van der Waals surface area contributed by atoms with E-state index in [-0.39, 0.29) is 29.3 Å². The Morgan fingerprint density at radius 2 is 1.73 bits per heavy atom. The first kappa shape index (κ1) is 25.4. The number of hydrogen-bond acceptors (Lipinski definition) is 6. The summed E-state index contributed by atoms with van der Waals surface area (Å²) in [6.45, 7) is 6.82. The third kappa shape index (κ3) is 5.55. The molecule has 1 saturated carbocycles. The summed E-state index contributed by atoms with van der Waals surface area (Å²) in [5.74, 6) is 1.53. The van der Waals surface area contributed by atoms with Crippen molar-refractivity contribution in [3.8, 4) is 22.8 Å². The molecule has 0 unspecified atom stereocenters. The van der Waals surface area contributed by atoms with Crippen LogP contribution in [0.2, 0.25) is 0 Å². The number of Topliss-reactive ketones (excluding diaryl/α,β-unsaturated/α-hetero) is 1. The zero-order valence-electron chi connectivity index (χ0n) is 21.4. The van der Waals surface area contributed by atoms with Crippen LogP contribution < -0.4 is 14.2 Å². The van der Waals surface area contributed by atoms with Crippen molar-refractivity contribution in [2.75, 3.05) is 13.3 Å². The number of carbonyl (C=O) groups is 1. The van der Waals surface area contributed by atoms with E-state index in [1.54, 1.807) is 24.3 Å². The van der Waals surface area contributed by atoms with Crippen LogP contribution in [0.3, 0.4) is 0 Å². The minimum Gasteiger partial charge on any atom is -0.454 e. The van der Waals surface area contributed by atoms with Gasteiger partial charge in [-0.25, -0.2) is 13.1 Å². The van der Waals surface area contributed by atoms with Gasteiger partial charge in [-0.2, -0.15) is 0 Å². The third-order valence-corrected chi connectivity index (χ3v) is 8.46. The van der Waals surface area contributed by atoms with E-state index >= 15 is 0 Å². The van der Waals surface area contributed by atoms with Crippen molar-refractivity contribution in [2.24, 2.45) is 5.41 Å². The molecule has 1 fully saturated rings. The average molecular weight is 521 g/mol. The summed E-state index contributed by atoms with van der Waals surface area (Å²) < 4.78 is 38.9. The Balaban J connectivity index is 1.27. The Hall–Kier alpha value is -3.23. The first-order valence-corrected chi connectivity index (χ1v) is 14.0. The van der Waals surface area contributed by atoms with E-state index in [9.17, 15) is 13.2 Å². The lowest BCUT2D eigenvalue weighted by molar-refractivity contribution is -0.120. The molecule has 2 heterocycles. The van der Waals surface area contributed by atoms with Crippen molar-refractivity contribution in [2.45, 2.75) is 56.8 Å². The molecular formula is C29H32N2O5S. The molecule has 2 aromatic carbocycles. The highest BCUT2D eigenvalue weighted by molar-refractivity contribution is 7.89. The number of hydrogen-bond donors (Lipinski definition) is 1. The highest BCUT2D eigenvalue weighted by Gasteiger charge is 2.51. The number of pyridine rings is 1. The van der Waals surface area contributed by atoms with Gasteiger partial charge in [-0.15, -0.1) is 0 Å². The molecule has 194 valence electrons. The third-order valence-electron chi connectivity index (χ3n) is 6.98. The molecule has 37 heavy (non-hydrogen) atoms. The van der Waals surface area contributed by atoms with Crippen LogP contribution in [-0.4, -0.2) is 32.5 Å². The monoisotopic (exact) mass is 520 g/mol. The fourth-order valence-corrected chi connectivity index (χ4v) is 5.60. The SMILES string of the molecule is CC(C)(C)CCNS(=O)(=O)c1ccc(-c2cccc(CC(=O)C3(c4ccc5c(c4)OCO5)CC3)n2)cc1. The normalized spacial score (nSPS) is 16.0. The van der Waals surface area contributed by atoms with Crippen LogP contribution in [0.25, 0.3) is 11.3 Å². The van der Waals surface area contributed by atoms with E-state index in [2.05, 4.69) is 25.5 Å². The van der Waals surface area contributed by atoms with E-state index in [1.165, 1.54) is 0 Å². The number of rotatable bonds is 9. The van der Waals surface area contributed by atoms with Crippen LogP contribution >= 0.6 is 0 Å². The van der Waals surface area contributed by atoms with Crippen LogP contribution in [-0.2, 0) is 26.7 Å². The molecule has 0 amide bonds. The second kappa shape index (κ2) is 9.58. The van der Waals surface area contributed by atoms with Crippen molar-refractivity contribution < 1.29 is 22.7 Å². The Labute approximate surface area is 218 Å². The Morgan fingerprint density at radius 1 is 1.00 bits per heavy atom. The standard InChI is InChI=1S/C29H32N2O5S/c1-28(2,3)15-16-30-37(33,34)23-10-7-20(8-11-23)24-6-4-5-22(31-24)18-27(32)29(13-14-29)21-9-12-25-26(17-21)36-19-35-25/h4-12,17,30H,13-16,18-19H2,1-3H3. The number of ether oxygens (including phenoxy) is 2. The molecule has 0 atom stereocenters. The van der Waals surface area contributed by atoms with Gasteiger partial charge in [0.25, 0.3) is 0 Å². The van der Waals surface area contributed by atoms with Gasteiger partial charge in [-0.05, 0) is 66.6 Å². The lowest BCUT2D eigenvalue weighted by atomic mass is 9.88. The Kier molecular flexibility index (Phi) is 6.58. The highest BCUT2D eigenvalue weighted by Crippen LogP contribution is 2.51. The molecule has 0 bridgehead atoms. The van der Waals surface area contributed by atoms with Gasteiger partial charge < -0.3 is 9.47 Å². The number of nitrogens with zero attached hydrogens (tertiary/aromatic N) is 1. The molecule has 0 spiro atoms. The Bertz CT molecular complexity index is 1420. The lowest BCUT2D eigenvalue weighted by Gasteiger charge is -2.18. The van der Waals surface area contributed by atoms with Crippen molar-refractivity contribution in [3.63, 3.8) is 0 Å². The number of nitrogens with one attached hydrogen (secondary N) is 1. The first-order chi connectivity index (χ1) is 17.6. The van der Waals surface area contributed by atoms with Crippen LogP contribution in [0.1, 0.15) is 51.3 Å². The molecule has 1 aromatic heterocycles. The number of carbonyl (C=O) groups excluding carboxylic acids is 1. The van der Waals surface area contributed by atoms with E-state index in [0.29, 0.717) is 29.4 Å². The van der Waals surface area contributed by atoms with E-state index in [0.717, 1.165) is 30.4 Å². The van der Waals surface area contributed by atoms with Crippen molar-refractivity contribution in [3.05, 3.63) is 71.9 Å². The number of fused-ring (bicyclic) bond motifs is 1. The molecule has 5 rings (SSSR count). The Morgan fingerprint density at radius 3 is 2.43 bits per heavy atom. The molecule has 8 heteroatoms. The molecule has 2 aliphatic rings. The summed E-state index contributed by atoms with van der Waals surface area (Å²) in [6.07, 6.45) is 2.60. The molecule has 0 saturated heterocycles. The fourth-order valence-electron chi connectivity index (χ4n) is 4.57. The number of aromatic nitrogens is 1. The second-order valence-electron chi connectivity index (χ2n) is 11.0. The second-order valence-corrected chi connectivity index (χ2v) is 12.8. The van der Waals surface area contributed by atoms with Gasteiger partial charge in [0.15, 0.2) is 11.5 Å². The minimum absolute atomic E-state index is 0.0497. The zero-order valence-corrected chi connectivity index (χ0v) is 22.2.